The Labute approximate surface area is 116 Å². The summed E-state index contributed by atoms with van der Waals surface area (Å²) in [6.07, 6.45) is -0.673. The van der Waals surface area contributed by atoms with Crippen LogP contribution in [-0.2, 0) is 4.74 Å². The van der Waals surface area contributed by atoms with Crippen LogP contribution >= 0.6 is 0 Å². The zero-order valence-corrected chi connectivity index (χ0v) is 11.7. The quantitative estimate of drug-likeness (QED) is 0.932. The Morgan fingerprint density at radius 1 is 1.40 bits per heavy atom. The molecule has 6 heteroatoms. The molecule has 1 aromatic heterocycles. The van der Waals surface area contributed by atoms with Crippen molar-refractivity contribution in [2.75, 3.05) is 12.0 Å². The second kappa shape index (κ2) is 5.73. The van der Waals surface area contributed by atoms with Gasteiger partial charge >= 0.3 is 6.09 Å². The first-order valence-corrected chi connectivity index (χ1v) is 6.50. The summed E-state index contributed by atoms with van der Waals surface area (Å²) in [5.74, 6) is 0.469. The molecule has 6 nitrogen and oxygen atoms in total. The Morgan fingerprint density at radius 3 is 2.75 bits per heavy atom. The third kappa shape index (κ3) is 2.64. The molecule has 0 saturated heterocycles. The average molecular weight is 275 g/mol. The first-order valence-electron chi connectivity index (χ1n) is 6.50. The molecule has 0 unspecified atom stereocenters. The minimum atomic E-state index is -0.673. The number of aromatic nitrogens is 2. The van der Waals surface area contributed by atoms with Crippen LogP contribution < -0.4 is 11.0 Å². The number of hydrogen-bond acceptors (Lipinski definition) is 4. The molecule has 0 aliphatic rings. The molecule has 1 aromatic carbocycles. The van der Waals surface area contributed by atoms with Crippen molar-refractivity contribution >= 4 is 17.0 Å². The van der Waals surface area contributed by atoms with Gasteiger partial charge in [-0.25, -0.2) is 15.2 Å². The number of rotatable bonds is 3. The zero-order chi connectivity index (χ0) is 14.7. The van der Waals surface area contributed by atoms with Crippen LogP contribution in [0, 0.1) is 0 Å². The highest BCUT2D eigenvalue weighted by atomic mass is 16.6. The lowest BCUT2D eigenvalue weighted by atomic mass is 10.2. The second-order valence-corrected chi connectivity index (χ2v) is 4.61. The number of benzene rings is 1. The Morgan fingerprint density at radius 2 is 2.10 bits per heavy atom. The fourth-order valence-electron chi connectivity index (χ4n) is 1.90. The maximum absolute atomic E-state index is 12.4. The Bertz CT molecular complexity index is 692. The van der Waals surface area contributed by atoms with Crippen molar-refractivity contribution in [2.45, 2.75) is 26.7 Å². The van der Waals surface area contributed by atoms with Crippen LogP contribution in [0.2, 0.25) is 0 Å². The zero-order valence-electron chi connectivity index (χ0n) is 11.7. The maximum atomic E-state index is 12.4. The Kier molecular flexibility index (Phi) is 4.02. The van der Waals surface area contributed by atoms with Gasteiger partial charge in [0.15, 0.2) is 0 Å². The number of carbonyl (C=O) groups excluding carboxylic acids is 1. The van der Waals surface area contributed by atoms with Crippen LogP contribution in [0.15, 0.2) is 29.1 Å². The fraction of sp³-hybridized carbons (Fsp3) is 0.357. The minimum Gasteiger partial charge on any atom is -0.449 e. The number of carbonyl (C=O) groups is 1. The second-order valence-electron chi connectivity index (χ2n) is 4.61. The molecular formula is C14H17N3O3. The van der Waals surface area contributed by atoms with Gasteiger partial charge in [0.05, 0.1) is 17.5 Å². The number of fused-ring (bicyclic) bond motifs is 1. The summed E-state index contributed by atoms with van der Waals surface area (Å²) < 4.78 is 5.97. The highest BCUT2D eigenvalue weighted by Crippen LogP contribution is 2.13. The predicted molar refractivity (Wildman–Crippen MR) is 76.5 cm³/mol. The molecule has 106 valence electrons. The van der Waals surface area contributed by atoms with Crippen molar-refractivity contribution < 1.29 is 9.53 Å². The molecule has 0 saturated carbocycles. The summed E-state index contributed by atoms with van der Waals surface area (Å²) in [5, 5.41) is 0.452. The van der Waals surface area contributed by atoms with Gasteiger partial charge in [0.25, 0.3) is 5.56 Å². The van der Waals surface area contributed by atoms with Gasteiger partial charge in [-0.15, -0.1) is 0 Å². The van der Waals surface area contributed by atoms with Gasteiger partial charge in [0.2, 0.25) is 0 Å². The SMILES string of the molecule is CCOC(=O)Nn1c(C(C)C)nc2ccccc2c1=O. The van der Waals surface area contributed by atoms with Gasteiger partial charge in [-0.3, -0.25) is 4.79 Å². The summed E-state index contributed by atoms with van der Waals surface area (Å²) in [7, 11) is 0. The monoisotopic (exact) mass is 275 g/mol. The van der Waals surface area contributed by atoms with E-state index in [9.17, 15) is 9.59 Å². The lowest BCUT2D eigenvalue weighted by Gasteiger charge is -2.16. The standard InChI is InChI=1S/C14H17N3O3/c1-4-20-14(19)16-17-12(9(2)3)15-11-8-6-5-7-10(11)13(17)18/h5-9H,4H2,1-3H3,(H,16,19). The summed E-state index contributed by atoms with van der Waals surface area (Å²) in [5.41, 5.74) is 2.74. The van der Waals surface area contributed by atoms with Crippen molar-refractivity contribution in [3.05, 3.63) is 40.4 Å². The molecule has 0 fully saturated rings. The van der Waals surface area contributed by atoms with Gasteiger partial charge in [-0.05, 0) is 19.1 Å². The van der Waals surface area contributed by atoms with Crippen LogP contribution in [0.4, 0.5) is 4.79 Å². The Balaban J connectivity index is 2.61. The van der Waals surface area contributed by atoms with E-state index in [-0.39, 0.29) is 18.1 Å². The van der Waals surface area contributed by atoms with Crippen LogP contribution in [0.1, 0.15) is 32.5 Å². The van der Waals surface area contributed by atoms with E-state index in [1.807, 2.05) is 19.9 Å². The van der Waals surface area contributed by atoms with Crippen molar-refractivity contribution in [3.63, 3.8) is 0 Å². The van der Waals surface area contributed by atoms with Crippen LogP contribution in [-0.4, -0.2) is 22.4 Å². The largest absolute Gasteiger partial charge is 0.449 e. The molecule has 0 aliphatic carbocycles. The molecule has 1 amide bonds. The van der Waals surface area contributed by atoms with Crippen LogP contribution in [0.3, 0.4) is 0 Å². The van der Waals surface area contributed by atoms with E-state index >= 15 is 0 Å². The molecule has 1 heterocycles. The van der Waals surface area contributed by atoms with E-state index in [2.05, 4.69) is 10.4 Å². The number of nitrogens with zero attached hydrogens (tertiary/aromatic N) is 2. The molecule has 0 aliphatic heterocycles. The van der Waals surface area contributed by atoms with Crippen molar-refractivity contribution in [1.29, 1.82) is 0 Å². The van der Waals surface area contributed by atoms with Gasteiger partial charge in [-0.1, -0.05) is 26.0 Å². The Hall–Kier alpha value is -2.37. The highest BCUT2D eigenvalue weighted by molar-refractivity contribution is 5.79. The number of hydrogen-bond donors (Lipinski definition) is 1. The van der Waals surface area contributed by atoms with Crippen LogP contribution in [0.25, 0.3) is 10.9 Å². The molecule has 0 radical (unpaired) electrons. The molecule has 2 rings (SSSR count). The number of nitrogens with one attached hydrogen (secondary N) is 1. The summed E-state index contributed by atoms with van der Waals surface area (Å²) >= 11 is 0. The molecule has 0 atom stereocenters. The molecule has 1 N–H and O–H groups in total. The number of para-hydroxylation sites is 1. The number of amides is 1. The third-order valence-corrected chi connectivity index (χ3v) is 2.80. The van der Waals surface area contributed by atoms with Crippen molar-refractivity contribution in [2.24, 2.45) is 0 Å². The van der Waals surface area contributed by atoms with Gasteiger partial charge < -0.3 is 4.74 Å². The van der Waals surface area contributed by atoms with E-state index in [1.165, 1.54) is 0 Å². The summed E-state index contributed by atoms with van der Waals surface area (Å²) in [6, 6.07) is 7.03. The number of ether oxygens (including phenoxy) is 1. The van der Waals surface area contributed by atoms with Crippen LogP contribution in [0.5, 0.6) is 0 Å². The molecule has 2 aromatic rings. The van der Waals surface area contributed by atoms with E-state index in [1.54, 1.807) is 25.1 Å². The lowest BCUT2D eigenvalue weighted by molar-refractivity contribution is 0.164. The fourth-order valence-corrected chi connectivity index (χ4v) is 1.90. The minimum absolute atomic E-state index is 0.0192. The third-order valence-electron chi connectivity index (χ3n) is 2.80. The van der Waals surface area contributed by atoms with E-state index < -0.39 is 6.09 Å². The van der Waals surface area contributed by atoms with Crippen molar-refractivity contribution in [1.82, 2.24) is 9.66 Å². The summed E-state index contributed by atoms with van der Waals surface area (Å²) in [6.45, 7) is 5.74. The first-order chi connectivity index (χ1) is 9.54. The van der Waals surface area contributed by atoms with E-state index in [0.29, 0.717) is 16.7 Å². The predicted octanol–water partition coefficient (Wildman–Crippen LogP) is 2.22. The molecule has 0 bridgehead atoms. The average Bonchev–Trinajstić information content (AvgIpc) is 2.42. The maximum Gasteiger partial charge on any atom is 0.426 e. The topological polar surface area (TPSA) is 73.2 Å². The highest BCUT2D eigenvalue weighted by Gasteiger charge is 2.15. The first kappa shape index (κ1) is 14.0. The van der Waals surface area contributed by atoms with E-state index in [0.717, 1.165) is 4.68 Å². The smallest absolute Gasteiger partial charge is 0.426 e. The van der Waals surface area contributed by atoms with Gasteiger partial charge in [-0.2, -0.15) is 4.68 Å². The van der Waals surface area contributed by atoms with Gasteiger partial charge in [0, 0.05) is 5.92 Å². The summed E-state index contributed by atoms with van der Waals surface area (Å²) in [4.78, 5) is 28.4. The van der Waals surface area contributed by atoms with Gasteiger partial charge in [0.1, 0.15) is 5.82 Å². The van der Waals surface area contributed by atoms with E-state index in [4.69, 9.17) is 4.74 Å². The molecule has 20 heavy (non-hydrogen) atoms. The van der Waals surface area contributed by atoms with Crippen molar-refractivity contribution in [3.8, 4) is 0 Å². The normalized spacial score (nSPS) is 10.8. The molecular weight excluding hydrogens is 258 g/mol. The lowest BCUT2D eigenvalue weighted by Crippen LogP contribution is -2.37. The molecule has 0 spiro atoms.